The summed E-state index contributed by atoms with van der Waals surface area (Å²) in [6, 6.07) is 12.0. The molecule has 1 aliphatic rings. The van der Waals surface area contributed by atoms with Gasteiger partial charge in [-0.05, 0) is 69.5 Å². The van der Waals surface area contributed by atoms with Crippen LogP contribution in [0.5, 0.6) is 0 Å². The highest BCUT2D eigenvalue weighted by molar-refractivity contribution is 5.88. The summed E-state index contributed by atoms with van der Waals surface area (Å²) < 4.78 is 0. The fourth-order valence-electron chi connectivity index (χ4n) is 3.03. The van der Waals surface area contributed by atoms with Crippen LogP contribution in [0.15, 0.2) is 42.6 Å². The highest BCUT2D eigenvalue weighted by Gasteiger charge is 2.10. The van der Waals surface area contributed by atoms with Crippen molar-refractivity contribution in [3.8, 4) is 0 Å². The lowest BCUT2D eigenvalue weighted by atomic mass is 10.1. The van der Waals surface area contributed by atoms with Crippen molar-refractivity contribution in [2.45, 2.75) is 39.2 Å². The van der Waals surface area contributed by atoms with Crippen molar-refractivity contribution in [3.63, 3.8) is 0 Å². The van der Waals surface area contributed by atoms with Crippen LogP contribution in [0.2, 0.25) is 0 Å². The Bertz CT molecular complexity index is 706. The van der Waals surface area contributed by atoms with E-state index in [2.05, 4.69) is 50.1 Å². The van der Waals surface area contributed by atoms with E-state index < -0.39 is 0 Å². The van der Waals surface area contributed by atoms with Crippen molar-refractivity contribution >= 4 is 28.9 Å². The second-order valence-electron chi connectivity index (χ2n) is 6.90. The molecule has 1 aromatic heterocycles. The average molecular weight is 353 g/mol. The summed E-state index contributed by atoms with van der Waals surface area (Å²) in [5.74, 6) is 0.522. The van der Waals surface area contributed by atoms with Crippen molar-refractivity contribution in [2.24, 2.45) is 0 Å². The Kier molecular flexibility index (Phi) is 5.94. The van der Waals surface area contributed by atoms with Crippen molar-refractivity contribution in [1.29, 1.82) is 0 Å². The van der Waals surface area contributed by atoms with Crippen LogP contribution in [0.1, 0.15) is 33.1 Å². The van der Waals surface area contributed by atoms with Crippen LogP contribution in [0.25, 0.3) is 0 Å². The van der Waals surface area contributed by atoms with E-state index in [4.69, 9.17) is 0 Å². The lowest BCUT2D eigenvalue weighted by molar-refractivity contribution is 0.250. The minimum absolute atomic E-state index is 0.0869. The molecule has 2 amide bonds. The average Bonchev–Trinajstić information content (AvgIpc) is 2.64. The number of urea groups is 1. The number of carbonyl (C=O) groups excluding carboxylic acids is 1. The molecule has 0 aliphatic carbocycles. The van der Waals surface area contributed by atoms with E-state index in [-0.39, 0.29) is 12.1 Å². The van der Waals surface area contributed by atoms with Crippen molar-refractivity contribution in [2.75, 3.05) is 28.6 Å². The molecule has 1 fully saturated rings. The maximum Gasteiger partial charge on any atom is 0.320 e. The molecule has 6 nitrogen and oxygen atoms in total. The lowest BCUT2D eigenvalue weighted by Crippen LogP contribution is -2.34. The molecule has 0 radical (unpaired) electrons. The first-order chi connectivity index (χ1) is 12.6. The van der Waals surface area contributed by atoms with Gasteiger partial charge in [0.25, 0.3) is 0 Å². The smallest absolute Gasteiger partial charge is 0.320 e. The Morgan fingerprint density at radius 2 is 1.69 bits per heavy atom. The maximum absolute atomic E-state index is 11.7. The van der Waals surface area contributed by atoms with Crippen molar-refractivity contribution < 1.29 is 4.79 Å². The van der Waals surface area contributed by atoms with Crippen molar-refractivity contribution in [3.05, 3.63) is 42.6 Å². The van der Waals surface area contributed by atoms with Crippen LogP contribution in [0, 0.1) is 0 Å². The number of anilines is 4. The lowest BCUT2D eigenvalue weighted by Gasteiger charge is -2.28. The molecular formula is C20H27N5O. The highest BCUT2D eigenvalue weighted by atomic mass is 16.2. The number of rotatable bonds is 5. The second kappa shape index (κ2) is 8.56. The van der Waals surface area contributed by atoms with Crippen LogP contribution in [-0.4, -0.2) is 30.1 Å². The number of nitrogens with one attached hydrogen (secondary N) is 3. The quantitative estimate of drug-likeness (QED) is 0.748. The fraction of sp³-hybridized carbons (Fsp3) is 0.400. The van der Waals surface area contributed by atoms with Gasteiger partial charge in [0.05, 0.1) is 11.9 Å². The summed E-state index contributed by atoms with van der Waals surface area (Å²) in [5, 5.41) is 8.82. The Hall–Kier alpha value is -2.76. The van der Waals surface area contributed by atoms with Gasteiger partial charge >= 0.3 is 6.03 Å². The summed E-state index contributed by atoms with van der Waals surface area (Å²) in [6.07, 6.45) is 5.61. The number of pyridine rings is 1. The molecule has 3 rings (SSSR count). The minimum Gasteiger partial charge on any atom is -0.372 e. The van der Waals surface area contributed by atoms with Gasteiger partial charge in [0.15, 0.2) is 0 Å². The van der Waals surface area contributed by atoms with E-state index in [1.807, 2.05) is 19.9 Å². The van der Waals surface area contributed by atoms with Crippen LogP contribution in [0.3, 0.4) is 0 Å². The number of amides is 2. The summed E-state index contributed by atoms with van der Waals surface area (Å²) in [5.41, 5.74) is 3.18. The fourth-order valence-corrected chi connectivity index (χ4v) is 3.03. The number of carbonyl (C=O) groups is 1. The predicted octanol–water partition coefficient (Wildman–Crippen LogP) is 4.35. The molecule has 0 unspecified atom stereocenters. The van der Waals surface area contributed by atoms with E-state index >= 15 is 0 Å². The molecule has 2 heterocycles. The number of piperidine rings is 1. The third-order valence-electron chi connectivity index (χ3n) is 4.30. The monoisotopic (exact) mass is 353 g/mol. The molecular weight excluding hydrogens is 326 g/mol. The molecule has 138 valence electrons. The zero-order valence-electron chi connectivity index (χ0n) is 15.5. The Labute approximate surface area is 155 Å². The van der Waals surface area contributed by atoms with Gasteiger partial charge in [-0.15, -0.1) is 0 Å². The maximum atomic E-state index is 11.7. The molecule has 3 N–H and O–H groups in total. The first kappa shape index (κ1) is 18.0. The Balaban J connectivity index is 1.56. The van der Waals surface area contributed by atoms with E-state index in [1.54, 1.807) is 12.3 Å². The van der Waals surface area contributed by atoms with E-state index in [1.165, 1.54) is 24.9 Å². The van der Waals surface area contributed by atoms with Gasteiger partial charge in [0.2, 0.25) is 0 Å². The minimum atomic E-state index is -0.249. The molecule has 0 saturated carbocycles. The largest absolute Gasteiger partial charge is 0.372 e. The van der Waals surface area contributed by atoms with Crippen molar-refractivity contribution in [1.82, 2.24) is 10.3 Å². The van der Waals surface area contributed by atoms with Gasteiger partial charge in [0.1, 0.15) is 5.82 Å². The topological polar surface area (TPSA) is 69.3 Å². The van der Waals surface area contributed by atoms with Gasteiger partial charge in [-0.25, -0.2) is 9.78 Å². The molecule has 26 heavy (non-hydrogen) atoms. The third kappa shape index (κ3) is 5.12. The van der Waals surface area contributed by atoms with E-state index in [0.717, 1.165) is 24.5 Å². The SMILES string of the molecule is CC(C)NC(=O)Nc1ccc(Nc2ccc(N3CCCCC3)cc2)cn1. The number of hydrogen-bond acceptors (Lipinski definition) is 4. The van der Waals surface area contributed by atoms with Gasteiger partial charge in [-0.2, -0.15) is 0 Å². The van der Waals surface area contributed by atoms with Crippen LogP contribution in [-0.2, 0) is 0 Å². The molecule has 1 saturated heterocycles. The summed E-state index contributed by atoms with van der Waals surface area (Å²) in [4.78, 5) is 18.4. The van der Waals surface area contributed by atoms with Gasteiger partial charge < -0.3 is 15.5 Å². The zero-order valence-corrected chi connectivity index (χ0v) is 15.5. The summed E-state index contributed by atoms with van der Waals surface area (Å²) in [6.45, 7) is 6.12. The van der Waals surface area contributed by atoms with Crippen LogP contribution in [0.4, 0.5) is 27.7 Å². The number of hydrogen-bond donors (Lipinski definition) is 3. The first-order valence-electron chi connectivity index (χ1n) is 9.26. The molecule has 0 atom stereocenters. The van der Waals surface area contributed by atoms with Gasteiger partial charge in [-0.1, -0.05) is 0 Å². The normalized spacial score (nSPS) is 14.2. The zero-order chi connectivity index (χ0) is 18.4. The second-order valence-corrected chi connectivity index (χ2v) is 6.90. The third-order valence-corrected chi connectivity index (χ3v) is 4.30. The molecule has 6 heteroatoms. The number of benzene rings is 1. The number of aromatic nitrogens is 1. The summed E-state index contributed by atoms with van der Waals surface area (Å²) >= 11 is 0. The molecule has 1 aliphatic heterocycles. The van der Waals surface area contributed by atoms with Crippen LogP contribution >= 0.6 is 0 Å². The molecule has 0 spiro atoms. The number of nitrogens with zero attached hydrogens (tertiary/aromatic N) is 2. The molecule has 2 aromatic rings. The summed E-state index contributed by atoms with van der Waals surface area (Å²) in [7, 11) is 0. The Morgan fingerprint density at radius 1 is 1.00 bits per heavy atom. The molecule has 1 aromatic carbocycles. The van der Waals surface area contributed by atoms with E-state index in [0.29, 0.717) is 5.82 Å². The van der Waals surface area contributed by atoms with E-state index in [9.17, 15) is 4.79 Å². The molecule has 0 bridgehead atoms. The standard InChI is InChI=1S/C20H27N5O/c1-15(2)22-20(26)24-19-11-8-17(14-21-19)23-16-6-9-18(10-7-16)25-12-4-3-5-13-25/h6-11,14-15,23H,3-5,12-13H2,1-2H3,(H2,21,22,24,26). The van der Waals surface area contributed by atoms with Crippen LogP contribution < -0.4 is 20.9 Å². The Morgan fingerprint density at radius 3 is 2.31 bits per heavy atom. The van der Waals surface area contributed by atoms with Gasteiger partial charge in [0, 0.05) is 30.5 Å². The predicted molar refractivity (Wildman–Crippen MR) is 107 cm³/mol. The van der Waals surface area contributed by atoms with Gasteiger partial charge in [-0.3, -0.25) is 5.32 Å². The first-order valence-corrected chi connectivity index (χ1v) is 9.26. The highest BCUT2D eigenvalue weighted by Crippen LogP contribution is 2.23.